The molecule has 0 aliphatic carbocycles. The highest BCUT2D eigenvalue weighted by atomic mass is 32.2. The van der Waals surface area contributed by atoms with Crippen molar-refractivity contribution in [2.45, 2.75) is 17.7 Å². The average molecular weight is 282 g/mol. The Morgan fingerprint density at radius 1 is 1.26 bits per heavy atom. The minimum absolute atomic E-state index is 0.101. The SMILES string of the molecule is CNS(=O)(=O)c1ccccc1N1CCC(C=O)CC1. The molecule has 0 radical (unpaired) electrons. The van der Waals surface area contributed by atoms with Crippen LogP contribution in [0.25, 0.3) is 0 Å². The summed E-state index contributed by atoms with van der Waals surface area (Å²) in [5.41, 5.74) is 0.709. The van der Waals surface area contributed by atoms with Gasteiger partial charge in [0.25, 0.3) is 0 Å². The molecule has 0 amide bonds. The number of nitrogens with one attached hydrogen (secondary N) is 1. The number of rotatable bonds is 4. The van der Waals surface area contributed by atoms with Gasteiger partial charge in [-0.2, -0.15) is 0 Å². The number of hydrogen-bond acceptors (Lipinski definition) is 4. The van der Waals surface area contributed by atoms with E-state index in [0.717, 1.165) is 19.1 Å². The Bertz CT molecular complexity index is 549. The van der Waals surface area contributed by atoms with Crippen molar-refractivity contribution in [1.29, 1.82) is 0 Å². The van der Waals surface area contributed by atoms with Gasteiger partial charge in [-0.15, -0.1) is 0 Å². The minimum atomic E-state index is -3.46. The number of nitrogens with zero attached hydrogens (tertiary/aromatic N) is 1. The van der Waals surface area contributed by atoms with Crippen LogP contribution < -0.4 is 9.62 Å². The number of piperidine rings is 1. The predicted molar refractivity (Wildman–Crippen MR) is 73.7 cm³/mol. The maximum atomic E-state index is 12.0. The molecule has 2 rings (SSSR count). The van der Waals surface area contributed by atoms with Crippen LogP contribution in [-0.4, -0.2) is 34.8 Å². The topological polar surface area (TPSA) is 66.5 Å². The molecule has 19 heavy (non-hydrogen) atoms. The van der Waals surface area contributed by atoms with E-state index in [4.69, 9.17) is 0 Å². The van der Waals surface area contributed by atoms with Crippen LogP contribution in [0.4, 0.5) is 5.69 Å². The van der Waals surface area contributed by atoms with Gasteiger partial charge in [0.15, 0.2) is 0 Å². The molecule has 0 spiro atoms. The summed E-state index contributed by atoms with van der Waals surface area (Å²) in [5.74, 6) is 0.101. The molecule has 104 valence electrons. The van der Waals surface area contributed by atoms with E-state index in [0.29, 0.717) is 23.7 Å². The molecule has 6 heteroatoms. The molecule has 0 bridgehead atoms. The Balaban J connectivity index is 2.29. The van der Waals surface area contributed by atoms with Crippen molar-refractivity contribution in [2.75, 3.05) is 25.0 Å². The van der Waals surface area contributed by atoms with Gasteiger partial charge in [-0.25, -0.2) is 13.1 Å². The number of aldehydes is 1. The van der Waals surface area contributed by atoms with Crippen LogP contribution in [0.2, 0.25) is 0 Å². The lowest BCUT2D eigenvalue weighted by atomic mass is 9.98. The normalized spacial score (nSPS) is 17.4. The molecule has 1 heterocycles. The number of anilines is 1. The number of carbonyl (C=O) groups excluding carboxylic acids is 1. The fourth-order valence-corrected chi connectivity index (χ4v) is 3.28. The van der Waals surface area contributed by atoms with E-state index in [1.165, 1.54) is 7.05 Å². The summed E-state index contributed by atoms with van der Waals surface area (Å²) in [4.78, 5) is 13.1. The smallest absolute Gasteiger partial charge is 0.242 e. The standard InChI is InChI=1S/C13H18N2O3S/c1-14-19(17,18)13-5-3-2-4-12(13)15-8-6-11(10-16)7-9-15/h2-5,10-11,14H,6-9H2,1H3. The Labute approximate surface area is 113 Å². The molecule has 0 aromatic heterocycles. The van der Waals surface area contributed by atoms with Gasteiger partial charge in [-0.3, -0.25) is 0 Å². The van der Waals surface area contributed by atoms with Gasteiger partial charge in [0.2, 0.25) is 10.0 Å². The molecule has 0 atom stereocenters. The molecular weight excluding hydrogens is 264 g/mol. The van der Waals surface area contributed by atoms with E-state index in [-0.39, 0.29) is 5.92 Å². The lowest BCUT2D eigenvalue weighted by Crippen LogP contribution is -2.35. The second kappa shape index (κ2) is 5.71. The number of carbonyl (C=O) groups is 1. The molecule has 1 aromatic rings. The third kappa shape index (κ3) is 2.96. The first-order valence-electron chi connectivity index (χ1n) is 6.31. The van der Waals surface area contributed by atoms with Crippen molar-refractivity contribution in [3.8, 4) is 0 Å². The Morgan fingerprint density at radius 3 is 2.47 bits per heavy atom. The fourth-order valence-electron chi connectivity index (χ4n) is 2.33. The Morgan fingerprint density at radius 2 is 1.89 bits per heavy atom. The summed E-state index contributed by atoms with van der Waals surface area (Å²) >= 11 is 0. The summed E-state index contributed by atoms with van der Waals surface area (Å²) in [5, 5.41) is 0. The fraction of sp³-hybridized carbons (Fsp3) is 0.462. The van der Waals surface area contributed by atoms with Crippen LogP contribution in [0.3, 0.4) is 0 Å². The summed E-state index contributed by atoms with van der Waals surface area (Å²) in [6.07, 6.45) is 2.54. The maximum Gasteiger partial charge on any atom is 0.242 e. The molecule has 0 unspecified atom stereocenters. The predicted octanol–water partition coefficient (Wildman–Crippen LogP) is 1.01. The number of benzene rings is 1. The molecule has 1 aliphatic rings. The first-order valence-corrected chi connectivity index (χ1v) is 7.79. The Hall–Kier alpha value is -1.40. The minimum Gasteiger partial charge on any atom is -0.370 e. The van der Waals surface area contributed by atoms with Crippen LogP contribution in [0.15, 0.2) is 29.2 Å². The van der Waals surface area contributed by atoms with Crippen LogP contribution >= 0.6 is 0 Å². The zero-order chi connectivity index (χ0) is 13.9. The van der Waals surface area contributed by atoms with Gasteiger partial charge in [0.1, 0.15) is 11.2 Å². The molecule has 5 nitrogen and oxygen atoms in total. The second-order valence-electron chi connectivity index (χ2n) is 4.64. The molecule has 1 N–H and O–H groups in total. The van der Waals surface area contributed by atoms with Crippen LogP contribution in [0, 0.1) is 5.92 Å². The number of sulfonamides is 1. The average Bonchev–Trinajstić information content (AvgIpc) is 2.47. The molecule has 1 saturated heterocycles. The van der Waals surface area contributed by atoms with E-state index in [2.05, 4.69) is 4.72 Å². The van der Waals surface area contributed by atoms with Crippen LogP contribution in [0.5, 0.6) is 0 Å². The van der Waals surface area contributed by atoms with E-state index < -0.39 is 10.0 Å². The van der Waals surface area contributed by atoms with Crippen molar-refractivity contribution in [2.24, 2.45) is 5.92 Å². The van der Waals surface area contributed by atoms with Crippen molar-refractivity contribution in [3.05, 3.63) is 24.3 Å². The quantitative estimate of drug-likeness (QED) is 0.837. The van der Waals surface area contributed by atoms with Gasteiger partial charge in [-0.1, -0.05) is 12.1 Å². The first-order chi connectivity index (χ1) is 9.08. The second-order valence-corrected chi connectivity index (χ2v) is 6.49. The van der Waals surface area contributed by atoms with Crippen molar-refractivity contribution in [3.63, 3.8) is 0 Å². The Kier molecular flexibility index (Phi) is 4.21. The molecule has 1 aromatic carbocycles. The van der Waals surface area contributed by atoms with Gasteiger partial charge in [-0.05, 0) is 32.0 Å². The van der Waals surface area contributed by atoms with Gasteiger partial charge in [0, 0.05) is 19.0 Å². The van der Waals surface area contributed by atoms with E-state index in [1.54, 1.807) is 12.1 Å². The van der Waals surface area contributed by atoms with Crippen LogP contribution in [0.1, 0.15) is 12.8 Å². The summed E-state index contributed by atoms with van der Waals surface area (Å²) < 4.78 is 26.3. The molecule has 1 aliphatic heterocycles. The summed E-state index contributed by atoms with van der Waals surface area (Å²) in [6, 6.07) is 6.96. The number of para-hydroxylation sites is 1. The monoisotopic (exact) mass is 282 g/mol. The van der Waals surface area contributed by atoms with E-state index >= 15 is 0 Å². The zero-order valence-corrected chi connectivity index (χ0v) is 11.7. The largest absolute Gasteiger partial charge is 0.370 e. The number of hydrogen-bond donors (Lipinski definition) is 1. The summed E-state index contributed by atoms with van der Waals surface area (Å²) in [6.45, 7) is 1.42. The van der Waals surface area contributed by atoms with E-state index in [9.17, 15) is 13.2 Å². The van der Waals surface area contributed by atoms with Crippen molar-refractivity contribution < 1.29 is 13.2 Å². The lowest BCUT2D eigenvalue weighted by Gasteiger charge is -2.32. The molecule has 0 saturated carbocycles. The highest BCUT2D eigenvalue weighted by molar-refractivity contribution is 7.89. The van der Waals surface area contributed by atoms with Gasteiger partial charge < -0.3 is 9.69 Å². The lowest BCUT2D eigenvalue weighted by molar-refractivity contribution is -0.111. The van der Waals surface area contributed by atoms with Crippen molar-refractivity contribution >= 4 is 22.0 Å². The third-order valence-electron chi connectivity index (χ3n) is 3.50. The maximum absolute atomic E-state index is 12.0. The third-order valence-corrected chi connectivity index (χ3v) is 4.96. The first kappa shape index (κ1) is 14.0. The van der Waals surface area contributed by atoms with Crippen LogP contribution in [-0.2, 0) is 14.8 Å². The molecule has 1 fully saturated rings. The zero-order valence-electron chi connectivity index (χ0n) is 10.9. The van der Waals surface area contributed by atoms with E-state index in [1.807, 2.05) is 17.0 Å². The molecular formula is C13H18N2O3S. The van der Waals surface area contributed by atoms with Crippen molar-refractivity contribution in [1.82, 2.24) is 4.72 Å². The summed E-state index contributed by atoms with van der Waals surface area (Å²) in [7, 11) is -2.05. The highest BCUT2D eigenvalue weighted by Crippen LogP contribution is 2.28. The van der Waals surface area contributed by atoms with Gasteiger partial charge >= 0.3 is 0 Å². The highest BCUT2D eigenvalue weighted by Gasteiger charge is 2.24. The van der Waals surface area contributed by atoms with Gasteiger partial charge in [0.05, 0.1) is 5.69 Å².